The molecule has 1 atom stereocenters. The second-order valence-corrected chi connectivity index (χ2v) is 5.26. The summed E-state index contributed by atoms with van der Waals surface area (Å²) >= 11 is 0. The fraction of sp³-hybridized carbons (Fsp3) is 0.111. The summed E-state index contributed by atoms with van der Waals surface area (Å²) in [5, 5.41) is 3.71. The molecule has 0 unspecified atom stereocenters. The number of carbonyl (C=O) groups excluding carboxylic acids is 2. The summed E-state index contributed by atoms with van der Waals surface area (Å²) < 4.78 is 13.4. The lowest BCUT2D eigenvalue weighted by Gasteiger charge is -2.17. The van der Waals surface area contributed by atoms with Gasteiger partial charge in [0.05, 0.1) is 6.04 Å². The fourth-order valence-corrected chi connectivity index (χ4v) is 2.53. The van der Waals surface area contributed by atoms with Crippen LogP contribution >= 0.6 is 0 Å². The number of fused-ring (bicyclic) bond motifs is 1. The highest BCUT2D eigenvalue weighted by molar-refractivity contribution is 5.98. The van der Waals surface area contributed by atoms with Gasteiger partial charge < -0.3 is 15.1 Å². The third-order valence-corrected chi connectivity index (χ3v) is 3.70. The molecule has 1 heterocycles. The average molecular weight is 310 g/mol. The first-order valence-electron chi connectivity index (χ1n) is 7.24. The summed E-state index contributed by atoms with van der Waals surface area (Å²) in [5.74, 6) is -0.703. The molecular formula is C18H15FN2O2. The lowest BCUT2D eigenvalue weighted by Crippen LogP contribution is -2.28. The molecule has 3 rings (SSSR count). The van der Waals surface area contributed by atoms with E-state index in [9.17, 15) is 14.0 Å². The van der Waals surface area contributed by atoms with Crippen molar-refractivity contribution in [2.24, 2.45) is 0 Å². The molecule has 4 nitrogen and oxygen atoms in total. The Kier molecular flexibility index (Phi) is 4.19. The third-order valence-electron chi connectivity index (χ3n) is 3.70. The van der Waals surface area contributed by atoms with Crippen molar-refractivity contribution in [2.45, 2.75) is 12.5 Å². The molecule has 0 aliphatic carbocycles. The van der Waals surface area contributed by atoms with Gasteiger partial charge in [0.25, 0.3) is 5.91 Å². The van der Waals surface area contributed by atoms with E-state index in [0.29, 0.717) is 17.4 Å². The van der Waals surface area contributed by atoms with Gasteiger partial charge in [-0.05, 0) is 42.0 Å². The van der Waals surface area contributed by atoms with E-state index in [4.69, 9.17) is 0 Å². The Morgan fingerprint density at radius 2 is 2.09 bits per heavy atom. The van der Waals surface area contributed by atoms with Gasteiger partial charge in [0.15, 0.2) is 0 Å². The van der Waals surface area contributed by atoms with Crippen molar-refractivity contribution in [2.75, 3.05) is 0 Å². The van der Waals surface area contributed by atoms with Gasteiger partial charge in [0.1, 0.15) is 12.1 Å². The fourth-order valence-electron chi connectivity index (χ4n) is 2.53. The first kappa shape index (κ1) is 15.0. The van der Waals surface area contributed by atoms with Gasteiger partial charge in [-0.25, -0.2) is 4.39 Å². The highest BCUT2D eigenvalue weighted by atomic mass is 19.1. The van der Waals surface area contributed by atoms with E-state index < -0.39 is 11.9 Å². The van der Waals surface area contributed by atoms with Gasteiger partial charge in [-0.15, -0.1) is 0 Å². The van der Waals surface area contributed by atoms with Crippen molar-refractivity contribution < 1.29 is 14.0 Å². The zero-order valence-corrected chi connectivity index (χ0v) is 12.3. The minimum absolute atomic E-state index is 0.0849. The van der Waals surface area contributed by atoms with Gasteiger partial charge in [0.2, 0.25) is 0 Å². The van der Waals surface area contributed by atoms with Gasteiger partial charge in [-0.3, -0.25) is 4.79 Å². The van der Waals surface area contributed by atoms with Crippen LogP contribution in [0, 0.1) is 5.82 Å². The molecule has 116 valence electrons. The molecule has 2 N–H and O–H groups in total. The van der Waals surface area contributed by atoms with Crippen molar-refractivity contribution >= 4 is 23.1 Å². The summed E-state index contributed by atoms with van der Waals surface area (Å²) in [6.07, 6.45) is 2.60. The van der Waals surface area contributed by atoms with Crippen LogP contribution in [0.2, 0.25) is 0 Å². The molecule has 23 heavy (non-hydrogen) atoms. The smallest absolute Gasteiger partial charge is 0.251 e. The van der Waals surface area contributed by atoms with Gasteiger partial charge in [-0.1, -0.05) is 12.1 Å². The Morgan fingerprint density at radius 1 is 1.22 bits per heavy atom. The Hall–Kier alpha value is -2.95. The number of amides is 1. The third kappa shape index (κ3) is 3.29. The number of aldehydes is 1. The second kappa shape index (κ2) is 6.44. The van der Waals surface area contributed by atoms with Crippen molar-refractivity contribution in [3.8, 4) is 0 Å². The number of hydrogen-bond donors (Lipinski definition) is 2. The largest absolute Gasteiger partial charge is 0.361 e. The van der Waals surface area contributed by atoms with Crippen LogP contribution in [0.4, 0.5) is 4.39 Å². The molecule has 0 saturated heterocycles. The number of halogens is 1. The number of hydrogen-bond acceptors (Lipinski definition) is 2. The lowest BCUT2D eigenvalue weighted by molar-refractivity contribution is -0.108. The summed E-state index contributed by atoms with van der Waals surface area (Å²) in [5.41, 5.74) is 1.99. The molecular weight excluding hydrogens is 295 g/mol. The van der Waals surface area contributed by atoms with Gasteiger partial charge in [-0.2, -0.15) is 0 Å². The number of carbonyl (C=O) groups is 2. The quantitative estimate of drug-likeness (QED) is 0.710. The van der Waals surface area contributed by atoms with E-state index in [-0.39, 0.29) is 12.3 Å². The van der Waals surface area contributed by atoms with Crippen LogP contribution in [0.3, 0.4) is 0 Å². The molecule has 5 heteroatoms. The first-order chi connectivity index (χ1) is 11.2. The van der Waals surface area contributed by atoms with Gasteiger partial charge in [0, 0.05) is 29.1 Å². The van der Waals surface area contributed by atoms with Gasteiger partial charge >= 0.3 is 0 Å². The molecule has 0 aliphatic rings. The van der Waals surface area contributed by atoms with E-state index in [2.05, 4.69) is 10.3 Å². The lowest BCUT2D eigenvalue weighted by atomic mass is 10.0. The first-order valence-corrected chi connectivity index (χ1v) is 7.24. The molecule has 0 spiro atoms. The summed E-state index contributed by atoms with van der Waals surface area (Å²) in [4.78, 5) is 26.4. The van der Waals surface area contributed by atoms with E-state index in [1.807, 2.05) is 12.1 Å². The Morgan fingerprint density at radius 3 is 2.87 bits per heavy atom. The number of benzene rings is 2. The molecule has 1 amide bonds. The molecule has 2 aromatic carbocycles. The van der Waals surface area contributed by atoms with Crippen molar-refractivity contribution in [1.29, 1.82) is 0 Å². The summed E-state index contributed by atoms with van der Waals surface area (Å²) in [6, 6.07) is 12.5. The van der Waals surface area contributed by atoms with Crippen molar-refractivity contribution in [3.63, 3.8) is 0 Å². The van der Waals surface area contributed by atoms with Crippen molar-refractivity contribution in [1.82, 2.24) is 10.3 Å². The van der Waals surface area contributed by atoms with Crippen molar-refractivity contribution in [3.05, 3.63) is 71.7 Å². The van der Waals surface area contributed by atoms with Crippen LogP contribution in [0.5, 0.6) is 0 Å². The summed E-state index contributed by atoms with van der Waals surface area (Å²) in [6.45, 7) is 0. The number of rotatable bonds is 5. The maximum Gasteiger partial charge on any atom is 0.251 e. The monoisotopic (exact) mass is 310 g/mol. The molecule has 0 saturated carbocycles. The second-order valence-electron chi connectivity index (χ2n) is 5.26. The van der Waals surface area contributed by atoms with Crippen LogP contribution < -0.4 is 5.32 Å². The molecule has 3 aromatic rings. The maximum atomic E-state index is 13.4. The maximum absolute atomic E-state index is 13.4. The zero-order valence-electron chi connectivity index (χ0n) is 12.3. The highest BCUT2D eigenvalue weighted by Crippen LogP contribution is 2.19. The highest BCUT2D eigenvalue weighted by Gasteiger charge is 2.16. The van der Waals surface area contributed by atoms with E-state index >= 15 is 0 Å². The average Bonchev–Trinajstić information content (AvgIpc) is 3.02. The van der Waals surface area contributed by atoms with E-state index in [1.54, 1.807) is 30.5 Å². The molecule has 0 fully saturated rings. The number of aromatic nitrogens is 1. The molecule has 1 aromatic heterocycles. The van der Waals surface area contributed by atoms with Crippen LogP contribution in [0.15, 0.2) is 54.7 Å². The number of H-pyrrole nitrogens is 1. The Balaban J connectivity index is 1.84. The Labute approximate surface area is 132 Å². The molecule has 0 aliphatic heterocycles. The SMILES string of the molecule is O=CC[C@H](NC(=O)c1ccc2[nH]ccc2c1)c1cccc(F)c1. The van der Waals surface area contributed by atoms with E-state index in [0.717, 1.165) is 10.9 Å². The molecule has 0 bridgehead atoms. The standard InChI is InChI=1S/C18H15FN2O2/c19-15-3-1-2-12(11-15)17(7-9-22)21-18(23)14-4-5-16-13(10-14)6-8-20-16/h1-6,8-11,17,20H,7H2,(H,21,23)/t17-/m0/s1. The Bertz CT molecular complexity index is 857. The van der Waals surface area contributed by atoms with E-state index in [1.165, 1.54) is 12.1 Å². The normalized spacial score (nSPS) is 12.0. The number of aromatic amines is 1. The van der Waals surface area contributed by atoms with Crippen LogP contribution in [-0.2, 0) is 4.79 Å². The van der Waals surface area contributed by atoms with Crippen LogP contribution in [0.25, 0.3) is 10.9 Å². The van der Waals surface area contributed by atoms with Crippen LogP contribution in [-0.4, -0.2) is 17.2 Å². The zero-order chi connectivity index (χ0) is 16.2. The predicted molar refractivity (Wildman–Crippen MR) is 85.6 cm³/mol. The predicted octanol–water partition coefficient (Wildman–Crippen LogP) is 3.37. The number of nitrogens with one attached hydrogen (secondary N) is 2. The van der Waals surface area contributed by atoms with Crippen LogP contribution in [0.1, 0.15) is 28.4 Å². The topological polar surface area (TPSA) is 62.0 Å². The minimum Gasteiger partial charge on any atom is -0.361 e. The minimum atomic E-state index is -0.558. The molecule has 0 radical (unpaired) electrons. The summed E-state index contributed by atoms with van der Waals surface area (Å²) in [7, 11) is 0.